The van der Waals surface area contributed by atoms with Gasteiger partial charge in [-0.1, -0.05) is 164 Å². The highest BCUT2D eigenvalue weighted by Crippen LogP contribution is 2.12. The number of ether oxygens (including phenoxy) is 2. The lowest BCUT2D eigenvalue weighted by Gasteiger charge is -2.15. The van der Waals surface area contributed by atoms with Gasteiger partial charge in [-0.25, -0.2) is 0 Å². The molecule has 1 unspecified atom stereocenters. The molecule has 4 nitrogen and oxygen atoms in total. The first-order valence-electron chi connectivity index (χ1n) is 20.4. The fourth-order valence-corrected chi connectivity index (χ4v) is 5.55. The largest absolute Gasteiger partial charge is 0.457 e. The third-order valence-electron chi connectivity index (χ3n) is 8.58. The van der Waals surface area contributed by atoms with Crippen LogP contribution in [0.2, 0.25) is 0 Å². The number of carbonyl (C=O) groups excluding carboxylic acids is 1. The summed E-state index contributed by atoms with van der Waals surface area (Å²) < 4.78 is 11.1. The lowest BCUT2D eigenvalue weighted by Crippen LogP contribution is -2.27. The summed E-state index contributed by atoms with van der Waals surface area (Å²) >= 11 is 0. The molecule has 0 aromatic rings. The lowest BCUT2D eigenvalue weighted by atomic mass is 10.1. The van der Waals surface area contributed by atoms with Crippen LogP contribution in [0, 0.1) is 0 Å². The zero-order valence-electron chi connectivity index (χ0n) is 31.7. The monoisotopic (exact) mass is 671 g/mol. The summed E-state index contributed by atoms with van der Waals surface area (Å²) in [5, 5.41) is 9.58. The van der Waals surface area contributed by atoms with Crippen LogP contribution in [0.5, 0.6) is 0 Å². The Labute approximate surface area is 298 Å². The molecule has 0 bridgehead atoms. The number of aliphatic hydroxyl groups excluding tert-OH is 1. The molecular weight excluding hydrogens is 592 g/mol. The van der Waals surface area contributed by atoms with Gasteiger partial charge in [0.05, 0.1) is 13.2 Å². The average molecular weight is 671 g/mol. The molecule has 0 fully saturated rings. The van der Waals surface area contributed by atoms with Gasteiger partial charge in [0, 0.05) is 13.0 Å². The quantitative estimate of drug-likeness (QED) is 0.0406. The van der Waals surface area contributed by atoms with Crippen molar-refractivity contribution in [2.75, 3.05) is 19.8 Å². The number of hydrogen-bond donors (Lipinski definition) is 1. The van der Waals surface area contributed by atoms with Gasteiger partial charge >= 0.3 is 5.97 Å². The standard InChI is InChI=1S/C44H78O4/c1-3-5-7-9-11-13-15-17-19-20-21-22-23-24-25-26-28-30-32-34-36-38-40-47-42-43(41-45)48-44(46)39-37-35-33-31-29-27-18-16-14-12-10-8-6-4-2/h5,7,11,13,16-19,21-22,43,45H,3-4,6,8-10,12,14-15,20,23-42H2,1-2H3/b7-5-,13-11-,18-16-,19-17-,22-21-. The first kappa shape index (κ1) is 46.1. The van der Waals surface area contributed by atoms with Crippen LogP contribution in [0.1, 0.15) is 187 Å². The summed E-state index contributed by atoms with van der Waals surface area (Å²) in [5.74, 6) is -0.214. The lowest BCUT2D eigenvalue weighted by molar-refractivity contribution is -0.154. The Kier molecular flexibility index (Phi) is 39.6. The molecule has 0 aromatic heterocycles. The Bertz CT molecular complexity index is 794. The fraction of sp³-hybridized carbons (Fsp3) is 0.750. The van der Waals surface area contributed by atoms with E-state index in [1.807, 2.05) is 0 Å². The van der Waals surface area contributed by atoms with Crippen molar-refractivity contribution in [3.05, 3.63) is 60.8 Å². The van der Waals surface area contributed by atoms with Crippen molar-refractivity contribution in [2.24, 2.45) is 0 Å². The van der Waals surface area contributed by atoms with Gasteiger partial charge in [-0.3, -0.25) is 4.79 Å². The predicted octanol–water partition coefficient (Wildman–Crippen LogP) is 13.3. The number of carbonyl (C=O) groups is 1. The van der Waals surface area contributed by atoms with Crippen molar-refractivity contribution >= 4 is 5.97 Å². The summed E-state index contributed by atoms with van der Waals surface area (Å²) in [6.45, 7) is 5.20. The topological polar surface area (TPSA) is 55.8 Å². The molecule has 0 aromatic carbocycles. The Morgan fingerprint density at radius 3 is 1.44 bits per heavy atom. The number of unbranched alkanes of at least 4 members (excludes halogenated alkanes) is 19. The molecule has 0 aliphatic carbocycles. The van der Waals surface area contributed by atoms with E-state index in [2.05, 4.69) is 74.6 Å². The van der Waals surface area contributed by atoms with Crippen LogP contribution in [0.4, 0.5) is 0 Å². The molecule has 0 aliphatic heterocycles. The molecular formula is C44H78O4. The summed E-state index contributed by atoms with van der Waals surface area (Å²) in [4.78, 5) is 12.2. The zero-order valence-corrected chi connectivity index (χ0v) is 31.7. The molecule has 0 rings (SSSR count). The Hall–Kier alpha value is -1.91. The minimum atomic E-state index is -0.543. The summed E-state index contributed by atoms with van der Waals surface area (Å²) in [5.41, 5.74) is 0. The molecule has 278 valence electrons. The van der Waals surface area contributed by atoms with E-state index in [4.69, 9.17) is 9.47 Å². The van der Waals surface area contributed by atoms with Crippen LogP contribution < -0.4 is 0 Å². The second-order valence-corrected chi connectivity index (χ2v) is 13.3. The molecule has 1 atom stereocenters. The van der Waals surface area contributed by atoms with Crippen molar-refractivity contribution in [1.82, 2.24) is 0 Å². The third-order valence-corrected chi connectivity index (χ3v) is 8.58. The molecule has 0 heterocycles. The van der Waals surface area contributed by atoms with Crippen molar-refractivity contribution in [3.8, 4) is 0 Å². The van der Waals surface area contributed by atoms with Crippen LogP contribution >= 0.6 is 0 Å². The molecule has 0 spiro atoms. The number of allylic oxidation sites excluding steroid dienone is 10. The molecule has 0 radical (unpaired) electrons. The minimum absolute atomic E-state index is 0.179. The normalized spacial score (nSPS) is 13.0. The maximum absolute atomic E-state index is 12.2. The molecule has 0 saturated heterocycles. The summed E-state index contributed by atoms with van der Waals surface area (Å²) in [7, 11) is 0. The van der Waals surface area contributed by atoms with Gasteiger partial charge in [0.1, 0.15) is 6.10 Å². The minimum Gasteiger partial charge on any atom is -0.457 e. The number of hydrogen-bond acceptors (Lipinski definition) is 4. The Morgan fingerprint density at radius 1 is 0.521 bits per heavy atom. The summed E-state index contributed by atoms with van der Waals surface area (Å²) in [6, 6.07) is 0. The van der Waals surface area contributed by atoms with E-state index in [9.17, 15) is 9.90 Å². The van der Waals surface area contributed by atoms with E-state index in [0.717, 1.165) is 51.4 Å². The Balaban J connectivity index is 3.46. The first-order valence-corrected chi connectivity index (χ1v) is 20.4. The van der Waals surface area contributed by atoms with Crippen molar-refractivity contribution < 1.29 is 19.4 Å². The molecule has 0 saturated carbocycles. The van der Waals surface area contributed by atoms with E-state index >= 15 is 0 Å². The predicted molar refractivity (Wildman–Crippen MR) is 209 cm³/mol. The maximum Gasteiger partial charge on any atom is 0.306 e. The van der Waals surface area contributed by atoms with Crippen LogP contribution in [0.15, 0.2) is 60.8 Å². The van der Waals surface area contributed by atoms with Crippen LogP contribution in [0.25, 0.3) is 0 Å². The highest BCUT2D eigenvalue weighted by molar-refractivity contribution is 5.69. The fourth-order valence-electron chi connectivity index (χ4n) is 5.55. The summed E-state index contributed by atoms with van der Waals surface area (Å²) in [6.07, 6.45) is 54.1. The highest BCUT2D eigenvalue weighted by atomic mass is 16.6. The number of aliphatic hydroxyl groups is 1. The van der Waals surface area contributed by atoms with Gasteiger partial charge < -0.3 is 14.6 Å². The van der Waals surface area contributed by atoms with E-state index in [0.29, 0.717) is 13.0 Å². The number of rotatable bonds is 37. The van der Waals surface area contributed by atoms with E-state index in [-0.39, 0.29) is 19.2 Å². The van der Waals surface area contributed by atoms with Crippen LogP contribution in [-0.4, -0.2) is 37.0 Å². The smallest absolute Gasteiger partial charge is 0.306 e. The van der Waals surface area contributed by atoms with Gasteiger partial charge in [0.15, 0.2) is 0 Å². The Morgan fingerprint density at radius 2 is 0.938 bits per heavy atom. The van der Waals surface area contributed by atoms with E-state index in [1.54, 1.807) is 0 Å². The van der Waals surface area contributed by atoms with Gasteiger partial charge in [-0.15, -0.1) is 0 Å². The van der Waals surface area contributed by atoms with Crippen LogP contribution in [0.3, 0.4) is 0 Å². The zero-order chi connectivity index (χ0) is 34.9. The van der Waals surface area contributed by atoms with E-state index < -0.39 is 6.10 Å². The molecule has 4 heteroatoms. The van der Waals surface area contributed by atoms with Gasteiger partial charge in [0.2, 0.25) is 0 Å². The third kappa shape index (κ3) is 38.5. The van der Waals surface area contributed by atoms with Crippen molar-refractivity contribution in [2.45, 2.75) is 193 Å². The first-order chi connectivity index (χ1) is 23.7. The SMILES string of the molecule is CC/C=C\C/C=C\C/C=C\C/C=C\CCCCCCCCCCCOCC(CO)OC(=O)CCCCCCC/C=C\CCCCCCC. The maximum atomic E-state index is 12.2. The van der Waals surface area contributed by atoms with E-state index in [1.165, 1.54) is 116 Å². The highest BCUT2D eigenvalue weighted by Gasteiger charge is 2.13. The van der Waals surface area contributed by atoms with Crippen molar-refractivity contribution in [1.29, 1.82) is 0 Å². The van der Waals surface area contributed by atoms with Crippen molar-refractivity contribution in [3.63, 3.8) is 0 Å². The van der Waals surface area contributed by atoms with Gasteiger partial charge in [-0.2, -0.15) is 0 Å². The van der Waals surface area contributed by atoms with Crippen LogP contribution in [-0.2, 0) is 14.3 Å². The van der Waals surface area contributed by atoms with Gasteiger partial charge in [0.25, 0.3) is 0 Å². The number of esters is 1. The molecule has 48 heavy (non-hydrogen) atoms. The van der Waals surface area contributed by atoms with Gasteiger partial charge in [-0.05, 0) is 77.0 Å². The molecule has 1 N–H and O–H groups in total. The average Bonchev–Trinajstić information content (AvgIpc) is 3.09. The second-order valence-electron chi connectivity index (χ2n) is 13.3. The molecule has 0 aliphatic rings. The second kappa shape index (κ2) is 41.3. The molecule has 0 amide bonds.